The van der Waals surface area contributed by atoms with E-state index in [-0.39, 0.29) is 41.9 Å². The molecule has 1 unspecified atom stereocenters. The first kappa shape index (κ1) is 19.2. The normalized spacial score (nSPS) is 37.3. The Balaban J connectivity index is 1.35. The van der Waals surface area contributed by atoms with Gasteiger partial charge in [0.1, 0.15) is 0 Å². The van der Waals surface area contributed by atoms with E-state index in [1.165, 1.54) is 0 Å². The molecule has 2 N–H and O–H groups in total. The van der Waals surface area contributed by atoms with Crippen molar-refractivity contribution >= 4 is 11.8 Å². The van der Waals surface area contributed by atoms with Gasteiger partial charge in [-0.1, -0.05) is 0 Å². The van der Waals surface area contributed by atoms with Gasteiger partial charge in [0.15, 0.2) is 0 Å². The second-order valence-corrected chi connectivity index (χ2v) is 9.21. The second kappa shape index (κ2) is 8.08. The fourth-order valence-electron chi connectivity index (χ4n) is 5.29. The number of hydrogen-bond acceptors (Lipinski definition) is 4. The summed E-state index contributed by atoms with van der Waals surface area (Å²) in [5.74, 6) is 0.605. The minimum atomic E-state index is -0.239. The number of likely N-dealkylation sites (tertiary alicyclic amines) is 1. The van der Waals surface area contributed by atoms with Gasteiger partial charge in [-0.05, 0) is 70.6 Å². The van der Waals surface area contributed by atoms with Crippen LogP contribution in [0.5, 0.6) is 0 Å². The van der Waals surface area contributed by atoms with Crippen molar-refractivity contribution in [2.24, 2.45) is 11.8 Å². The molecule has 4 aliphatic rings. The van der Waals surface area contributed by atoms with Crippen LogP contribution in [0.4, 0.5) is 0 Å². The average Bonchev–Trinajstić information content (AvgIpc) is 3.38. The quantitative estimate of drug-likeness (QED) is 0.780. The summed E-state index contributed by atoms with van der Waals surface area (Å²) in [6.07, 6.45) is 8.68. The number of carbonyl (C=O) groups excluding carboxylic acids is 2. The summed E-state index contributed by atoms with van der Waals surface area (Å²) in [5, 5.41) is 19.4. The lowest BCUT2D eigenvalue weighted by molar-refractivity contribution is -0.142. The number of aliphatic hydroxyl groups excluding tert-OH is 2. The SMILES string of the molecule is O=C(C1CCC(O)CC1)N1CCC(N(C(=O)C2CCC(O)CC2)C2CC2)C1. The van der Waals surface area contributed by atoms with Crippen LogP contribution in [0.1, 0.15) is 70.6 Å². The lowest BCUT2D eigenvalue weighted by Crippen LogP contribution is -2.48. The molecule has 1 atom stereocenters. The Kier molecular flexibility index (Phi) is 5.74. The van der Waals surface area contributed by atoms with Crippen LogP contribution in [-0.2, 0) is 9.59 Å². The molecule has 6 nitrogen and oxygen atoms in total. The third kappa shape index (κ3) is 4.32. The zero-order valence-corrected chi connectivity index (χ0v) is 16.3. The molecule has 1 aliphatic heterocycles. The van der Waals surface area contributed by atoms with Gasteiger partial charge in [0.05, 0.1) is 18.2 Å². The predicted octanol–water partition coefficient (Wildman–Crippen LogP) is 1.68. The summed E-state index contributed by atoms with van der Waals surface area (Å²) in [6, 6.07) is 0.532. The van der Waals surface area contributed by atoms with Gasteiger partial charge in [-0.25, -0.2) is 0 Å². The first-order valence-corrected chi connectivity index (χ1v) is 11.0. The molecular formula is C21H34N2O4. The maximum atomic E-state index is 13.2. The third-order valence-corrected chi connectivity index (χ3v) is 7.16. The maximum absolute atomic E-state index is 13.2. The van der Waals surface area contributed by atoms with E-state index in [0.717, 1.165) is 77.2 Å². The summed E-state index contributed by atoms with van der Waals surface area (Å²) < 4.78 is 0. The number of nitrogens with zero attached hydrogens (tertiary/aromatic N) is 2. The van der Waals surface area contributed by atoms with E-state index < -0.39 is 0 Å². The van der Waals surface area contributed by atoms with Gasteiger partial charge in [0.2, 0.25) is 11.8 Å². The van der Waals surface area contributed by atoms with Gasteiger partial charge in [-0.15, -0.1) is 0 Å². The van der Waals surface area contributed by atoms with Crippen molar-refractivity contribution < 1.29 is 19.8 Å². The topological polar surface area (TPSA) is 81.1 Å². The third-order valence-electron chi connectivity index (χ3n) is 7.16. The number of rotatable bonds is 4. The molecule has 0 bridgehead atoms. The highest BCUT2D eigenvalue weighted by Crippen LogP contribution is 2.36. The molecule has 0 radical (unpaired) electrons. The fraction of sp³-hybridized carbons (Fsp3) is 0.905. The summed E-state index contributed by atoms with van der Waals surface area (Å²) in [4.78, 5) is 30.2. The van der Waals surface area contributed by atoms with Crippen molar-refractivity contribution in [1.29, 1.82) is 0 Å². The monoisotopic (exact) mass is 378 g/mol. The van der Waals surface area contributed by atoms with E-state index in [0.29, 0.717) is 12.6 Å². The molecule has 2 amide bonds. The van der Waals surface area contributed by atoms with Crippen molar-refractivity contribution in [1.82, 2.24) is 9.80 Å². The highest BCUT2D eigenvalue weighted by Gasteiger charge is 2.44. The van der Waals surface area contributed by atoms with Crippen LogP contribution < -0.4 is 0 Å². The fourth-order valence-corrected chi connectivity index (χ4v) is 5.29. The molecule has 4 fully saturated rings. The highest BCUT2D eigenvalue weighted by atomic mass is 16.3. The number of amides is 2. The second-order valence-electron chi connectivity index (χ2n) is 9.21. The minimum absolute atomic E-state index is 0.0528. The molecule has 0 aromatic carbocycles. The molecular weight excluding hydrogens is 344 g/mol. The number of aliphatic hydroxyl groups is 2. The largest absolute Gasteiger partial charge is 0.393 e. The minimum Gasteiger partial charge on any atom is -0.393 e. The molecule has 0 spiro atoms. The predicted molar refractivity (Wildman–Crippen MR) is 101 cm³/mol. The van der Waals surface area contributed by atoms with Crippen molar-refractivity contribution in [3.63, 3.8) is 0 Å². The summed E-state index contributed by atoms with van der Waals surface area (Å²) >= 11 is 0. The lowest BCUT2D eigenvalue weighted by Gasteiger charge is -2.35. The van der Waals surface area contributed by atoms with Crippen LogP contribution in [0.25, 0.3) is 0 Å². The Morgan fingerprint density at radius 2 is 1.26 bits per heavy atom. The van der Waals surface area contributed by atoms with Gasteiger partial charge in [0.25, 0.3) is 0 Å². The van der Waals surface area contributed by atoms with E-state index in [1.54, 1.807) is 0 Å². The molecule has 0 aromatic heterocycles. The van der Waals surface area contributed by atoms with Crippen LogP contribution in [0.2, 0.25) is 0 Å². The van der Waals surface area contributed by atoms with Crippen LogP contribution in [-0.4, -0.2) is 69.2 Å². The lowest BCUT2D eigenvalue weighted by atomic mass is 9.86. The van der Waals surface area contributed by atoms with Gasteiger partial charge >= 0.3 is 0 Å². The van der Waals surface area contributed by atoms with E-state index >= 15 is 0 Å². The Labute approximate surface area is 161 Å². The Hall–Kier alpha value is -1.14. The Bertz CT molecular complexity index is 548. The molecule has 4 rings (SSSR count). The first-order valence-electron chi connectivity index (χ1n) is 11.0. The van der Waals surface area contributed by atoms with Gasteiger partial charge in [-0.2, -0.15) is 0 Å². The molecule has 1 saturated heterocycles. The summed E-state index contributed by atoms with van der Waals surface area (Å²) in [6.45, 7) is 1.43. The molecule has 3 saturated carbocycles. The zero-order valence-electron chi connectivity index (χ0n) is 16.3. The molecule has 152 valence electrons. The van der Waals surface area contributed by atoms with E-state index in [2.05, 4.69) is 4.90 Å². The van der Waals surface area contributed by atoms with Crippen LogP contribution in [0.15, 0.2) is 0 Å². The smallest absolute Gasteiger partial charge is 0.226 e. The molecule has 27 heavy (non-hydrogen) atoms. The zero-order chi connectivity index (χ0) is 19.0. The van der Waals surface area contributed by atoms with Crippen molar-refractivity contribution in [3.05, 3.63) is 0 Å². The van der Waals surface area contributed by atoms with Crippen molar-refractivity contribution in [2.75, 3.05) is 13.1 Å². The standard InChI is InChI=1S/C21H34N2O4/c24-18-7-1-14(2-8-18)20(26)22-12-11-17(13-22)23(16-5-6-16)21(27)15-3-9-19(25)10-4-15/h14-19,24-25H,1-13H2. The maximum Gasteiger partial charge on any atom is 0.226 e. The van der Waals surface area contributed by atoms with Gasteiger partial charge in [0, 0.05) is 31.0 Å². The Morgan fingerprint density at radius 1 is 0.704 bits per heavy atom. The van der Waals surface area contributed by atoms with Crippen LogP contribution >= 0.6 is 0 Å². The van der Waals surface area contributed by atoms with Crippen molar-refractivity contribution in [3.8, 4) is 0 Å². The average molecular weight is 379 g/mol. The van der Waals surface area contributed by atoms with Gasteiger partial charge in [-0.3, -0.25) is 9.59 Å². The van der Waals surface area contributed by atoms with E-state index in [4.69, 9.17) is 0 Å². The number of carbonyl (C=O) groups is 2. The summed E-state index contributed by atoms with van der Waals surface area (Å²) in [5.41, 5.74) is 0. The molecule has 1 heterocycles. The molecule has 3 aliphatic carbocycles. The molecule has 6 heteroatoms. The van der Waals surface area contributed by atoms with Gasteiger partial charge < -0.3 is 20.0 Å². The highest BCUT2D eigenvalue weighted by molar-refractivity contribution is 5.81. The van der Waals surface area contributed by atoms with E-state index in [9.17, 15) is 19.8 Å². The number of hydrogen-bond donors (Lipinski definition) is 2. The summed E-state index contributed by atoms with van der Waals surface area (Å²) in [7, 11) is 0. The van der Waals surface area contributed by atoms with Crippen LogP contribution in [0, 0.1) is 11.8 Å². The molecule has 0 aromatic rings. The first-order chi connectivity index (χ1) is 13.0. The Morgan fingerprint density at radius 3 is 1.81 bits per heavy atom. The van der Waals surface area contributed by atoms with E-state index in [1.807, 2.05) is 4.90 Å². The van der Waals surface area contributed by atoms with Crippen LogP contribution in [0.3, 0.4) is 0 Å². The van der Waals surface area contributed by atoms with Crippen molar-refractivity contribution in [2.45, 2.75) is 94.9 Å².